The molecule has 1 rings (SSSR count). The Morgan fingerprint density at radius 3 is 2.86 bits per heavy atom. The van der Waals surface area contributed by atoms with Gasteiger partial charge in [-0.25, -0.2) is 0 Å². The maximum Gasteiger partial charge on any atom is 0.0641 e. The zero-order chi connectivity index (χ0) is 10.6. The van der Waals surface area contributed by atoms with Crippen LogP contribution in [0.25, 0.3) is 0 Å². The van der Waals surface area contributed by atoms with Crippen LogP contribution >= 0.6 is 0 Å². The Bertz CT molecular complexity index is 206. The molecule has 1 heterocycles. The van der Waals surface area contributed by atoms with Crippen molar-refractivity contribution in [2.24, 2.45) is 0 Å². The Kier molecular flexibility index (Phi) is 4.54. The van der Waals surface area contributed by atoms with Crippen LogP contribution in [-0.4, -0.2) is 41.0 Å². The molecule has 0 saturated carbocycles. The largest absolute Gasteiger partial charge is 0.375 e. The maximum absolute atomic E-state index is 10.9. The van der Waals surface area contributed by atoms with E-state index in [0.29, 0.717) is 6.04 Å². The average Bonchev–Trinajstić information content (AvgIpc) is 2.01. The number of rotatable bonds is 4. The first-order valence-corrected chi connectivity index (χ1v) is 6.90. The zero-order valence-electron chi connectivity index (χ0n) is 9.34. The van der Waals surface area contributed by atoms with Crippen LogP contribution in [-0.2, 0) is 15.5 Å². The molecule has 2 atom stereocenters. The molecule has 1 aliphatic rings. The zero-order valence-corrected chi connectivity index (χ0v) is 10.2. The summed E-state index contributed by atoms with van der Waals surface area (Å²) in [6.07, 6.45) is 3.86. The molecule has 2 unspecified atom stereocenters. The molecule has 1 N–H and O–H groups in total. The van der Waals surface area contributed by atoms with Gasteiger partial charge in [-0.3, -0.25) is 4.21 Å². The van der Waals surface area contributed by atoms with Gasteiger partial charge in [0.05, 0.1) is 5.60 Å². The minimum atomic E-state index is -0.683. The van der Waals surface area contributed by atoms with Crippen LogP contribution in [0.2, 0.25) is 0 Å². The van der Waals surface area contributed by atoms with Crippen molar-refractivity contribution in [3.63, 3.8) is 0 Å². The van der Waals surface area contributed by atoms with Crippen molar-refractivity contribution in [1.29, 1.82) is 0 Å². The highest BCUT2D eigenvalue weighted by atomic mass is 32.2. The third kappa shape index (κ3) is 4.53. The molecular weight excluding hydrogens is 198 g/mol. The molecule has 1 fully saturated rings. The van der Waals surface area contributed by atoms with Crippen LogP contribution < -0.4 is 5.32 Å². The van der Waals surface area contributed by atoms with E-state index in [1.54, 1.807) is 6.26 Å². The lowest BCUT2D eigenvalue weighted by Gasteiger charge is -2.35. The van der Waals surface area contributed by atoms with E-state index in [4.69, 9.17) is 4.74 Å². The standard InChI is InChI=1S/C10H21NO2S/c1-10(2)8-9(4-6-13-10)11-5-7-14(3)12/h9,11H,4-8H2,1-3H3. The quantitative estimate of drug-likeness (QED) is 0.764. The van der Waals surface area contributed by atoms with E-state index in [0.717, 1.165) is 31.7 Å². The highest BCUT2D eigenvalue weighted by Gasteiger charge is 2.28. The fraction of sp³-hybridized carbons (Fsp3) is 1.00. The van der Waals surface area contributed by atoms with E-state index < -0.39 is 10.8 Å². The molecule has 1 aliphatic heterocycles. The molecule has 0 spiro atoms. The Morgan fingerprint density at radius 1 is 1.57 bits per heavy atom. The third-order valence-corrected chi connectivity index (χ3v) is 3.30. The summed E-state index contributed by atoms with van der Waals surface area (Å²) in [5.41, 5.74) is 0.00127. The molecule has 0 aromatic carbocycles. The Balaban J connectivity index is 2.21. The summed E-state index contributed by atoms with van der Waals surface area (Å²) in [6, 6.07) is 0.530. The van der Waals surface area contributed by atoms with Gasteiger partial charge >= 0.3 is 0 Å². The second kappa shape index (κ2) is 5.24. The Morgan fingerprint density at radius 2 is 2.29 bits per heavy atom. The van der Waals surface area contributed by atoms with Crippen molar-refractivity contribution in [3.8, 4) is 0 Å². The second-order valence-electron chi connectivity index (χ2n) is 4.53. The predicted octanol–water partition coefficient (Wildman–Crippen LogP) is 0.912. The Labute approximate surface area is 89.1 Å². The smallest absolute Gasteiger partial charge is 0.0641 e. The topological polar surface area (TPSA) is 38.3 Å². The van der Waals surface area contributed by atoms with Crippen LogP contribution in [0.5, 0.6) is 0 Å². The minimum absolute atomic E-state index is 0.00127. The van der Waals surface area contributed by atoms with Crippen LogP contribution in [0.3, 0.4) is 0 Å². The van der Waals surface area contributed by atoms with Crippen molar-refractivity contribution in [1.82, 2.24) is 5.32 Å². The first kappa shape index (κ1) is 12.1. The average molecular weight is 219 g/mol. The minimum Gasteiger partial charge on any atom is -0.375 e. The summed E-state index contributed by atoms with van der Waals surface area (Å²) < 4.78 is 16.5. The molecule has 3 nitrogen and oxygen atoms in total. The SMILES string of the molecule is CS(=O)CCNC1CCOC(C)(C)C1. The normalized spacial score (nSPS) is 28.6. The number of nitrogens with one attached hydrogen (secondary N) is 1. The molecule has 0 bridgehead atoms. The van der Waals surface area contributed by atoms with E-state index in [1.807, 2.05) is 0 Å². The lowest BCUT2D eigenvalue weighted by molar-refractivity contribution is -0.0625. The predicted molar refractivity (Wildman–Crippen MR) is 60.0 cm³/mol. The molecule has 0 aromatic rings. The summed E-state index contributed by atoms with van der Waals surface area (Å²) in [6.45, 7) is 5.93. The Hall–Kier alpha value is 0.0700. The fourth-order valence-corrected chi connectivity index (χ4v) is 2.22. The third-order valence-electron chi connectivity index (χ3n) is 2.52. The van der Waals surface area contributed by atoms with Crippen LogP contribution in [0.4, 0.5) is 0 Å². The molecule has 0 aliphatic carbocycles. The molecule has 1 saturated heterocycles. The van der Waals surface area contributed by atoms with E-state index in [9.17, 15) is 4.21 Å². The highest BCUT2D eigenvalue weighted by molar-refractivity contribution is 7.84. The second-order valence-corrected chi connectivity index (χ2v) is 6.08. The summed E-state index contributed by atoms with van der Waals surface area (Å²) in [4.78, 5) is 0. The van der Waals surface area contributed by atoms with E-state index >= 15 is 0 Å². The molecule has 84 valence electrons. The molecule has 4 heteroatoms. The maximum atomic E-state index is 10.9. The van der Waals surface area contributed by atoms with Gasteiger partial charge in [0.25, 0.3) is 0 Å². The van der Waals surface area contributed by atoms with E-state index in [1.165, 1.54) is 0 Å². The molecule has 14 heavy (non-hydrogen) atoms. The first-order valence-electron chi connectivity index (χ1n) is 5.17. The number of hydrogen-bond donors (Lipinski definition) is 1. The monoisotopic (exact) mass is 219 g/mol. The van der Waals surface area contributed by atoms with Crippen LogP contribution in [0.15, 0.2) is 0 Å². The van der Waals surface area contributed by atoms with Gasteiger partial charge in [0.2, 0.25) is 0 Å². The van der Waals surface area contributed by atoms with Crippen molar-refractivity contribution >= 4 is 10.8 Å². The first-order chi connectivity index (χ1) is 6.49. The highest BCUT2D eigenvalue weighted by Crippen LogP contribution is 2.23. The van der Waals surface area contributed by atoms with Gasteiger partial charge in [0.1, 0.15) is 0 Å². The lowest BCUT2D eigenvalue weighted by Crippen LogP contribution is -2.44. The van der Waals surface area contributed by atoms with Gasteiger partial charge in [-0.05, 0) is 26.7 Å². The van der Waals surface area contributed by atoms with Crippen molar-refractivity contribution < 1.29 is 8.95 Å². The van der Waals surface area contributed by atoms with Crippen molar-refractivity contribution in [2.45, 2.75) is 38.3 Å². The molecule has 0 aromatic heterocycles. The summed E-state index contributed by atoms with van der Waals surface area (Å²) in [5, 5.41) is 3.44. The summed E-state index contributed by atoms with van der Waals surface area (Å²) >= 11 is 0. The van der Waals surface area contributed by atoms with Gasteiger partial charge in [-0.15, -0.1) is 0 Å². The number of hydrogen-bond acceptors (Lipinski definition) is 3. The van der Waals surface area contributed by atoms with Gasteiger partial charge in [-0.1, -0.05) is 0 Å². The summed E-state index contributed by atoms with van der Waals surface area (Å²) in [7, 11) is -0.683. The fourth-order valence-electron chi connectivity index (χ4n) is 1.81. The number of ether oxygens (including phenoxy) is 1. The summed E-state index contributed by atoms with van der Waals surface area (Å²) in [5.74, 6) is 0.748. The molecular formula is C10H21NO2S. The van der Waals surface area contributed by atoms with Gasteiger partial charge < -0.3 is 10.1 Å². The van der Waals surface area contributed by atoms with Gasteiger partial charge in [-0.2, -0.15) is 0 Å². The van der Waals surface area contributed by atoms with Crippen molar-refractivity contribution in [2.75, 3.05) is 25.2 Å². The van der Waals surface area contributed by atoms with E-state index in [2.05, 4.69) is 19.2 Å². The van der Waals surface area contributed by atoms with Crippen molar-refractivity contribution in [3.05, 3.63) is 0 Å². The van der Waals surface area contributed by atoms with Gasteiger partial charge in [0, 0.05) is 42.0 Å². The molecule has 0 radical (unpaired) electrons. The van der Waals surface area contributed by atoms with Crippen LogP contribution in [0, 0.1) is 0 Å². The lowest BCUT2D eigenvalue weighted by atomic mass is 9.94. The van der Waals surface area contributed by atoms with Crippen LogP contribution in [0.1, 0.15) is 26.7 Å². The molecule has 0 amide bonds. The van der Waals surface area contributed by atoms with Gasteiger partial charge in [0.15, 0.2) is 0 Å². The van der Waals surface area contributed by atoms with E-state index in [-0.39, 0.29) is 5.60 Å².